The van der Waals surface area contributed by atoms with Gasteiger partial charge in [-0.3, -0.25) is 0 Å². The Bertz CT molecular complexity index is 1350. The minimum atomic E-state index is 0.162. The summed E-state index contributed by atoms with van der Waals surface area (Å²) in [6.07, 6.45) is 0. The van der Waals surface area contributed by atoms with Gasteiger partial charge in [-0.2, -0.15) is 0 Å². The predicted octanol–water partition coefficient (Wildman–Crippen LogP) is 7.92. The molecule has 5 heteroatoms. The molecule has 35 heavy (non-hydrogen) atoms. The van der Waals surface area contributed by atoms with E-state index in [4.69, 9.17) is 4.74 Å². The van der Waals surface area contributed by atoms with Crippen LogP contribution in [0.4, 0.5) is 17.1 Å². The Hall–Kier alpha value is -4.12. The van der Waals surface area contributed by atoms with Gasteiger partial charge in [0, 0.05) is 22.9 Å². The molecule has 4 rings (SSSR count). The highest BCUT2D eigenvalue weighted by atomic mass is 16.5. The van der Waals surface area contributed by atoms with Gasteiger partial charge in [-0.05, 0) is 118 Å². The van der Waals surface area contributed by atoms with Crippen molar-refractivity contribution in [2.24, 2.45) is 0 Å². The van der Waals surface area contributed by atoms with Gasteiger partial charge in [-0.25, -0.2) is 0 Å². The molecule has 5 nitrogen and oxygen atoms in total. The number of phenols is 3. The maximum Gasteiger partial charge on any atom is 0.134 e. The molecule has 0 heterocycles. The number of benzene rings is 4. The standard InChI is InChI=1S/C30H31NO4/c1-17-11-26(21(5)28(33)13-17)31(27-12-18(2)14-29(34)22(27)6)23-7-9-25(10-8-23)35-30-16-24(32)15-19(3)20(30)4/h7-16,32-34H,1-6H3. The van der Waals surface area contributed by atoms with Crippen molar-refractivity contribution >= 4 is 17.1 Å². The lowest BCUT2D eigenvalue weighted by Gasteiger charge is -2.30. The number of nitrogens with zero attached hydrogens (tertiary/aromatic N) is 1. The van der Waals surface area contributed by atoms with Gasteiger partial charge in [0.2, 0.25) is 0 Å². The zero-order valence-corrected chi connectivity index (χ0v) is 21.0. The fraction of sp³-hybridized carbons (Fsp3) is 0.200. The average Bonchev–Trinajstić information content (AvgIpc) is 2.79. The van der Waals surface area contributed by atoms with E-state index in [0.29, 0.717) is 11.5 Å². The Kier molecular flexibility index (Phi) is 6.35. The Balaban J connectivity index is 1.83. The number of aryl methyl sites for hydroxylation is 3. The largest absolute Gasteiger partial charge is 0.508 e. The molecule has 0 atom stereocenters. The molecule has 3 N–H and O–H groups in total. The molecule has 4 aromatic carbocycles. The first-order valence-electron chi connectivity index (χ1n) is 11.5. The Morgan fingerprint density at radius 3 is 1.63 bits per heavy atom. The van der Waals surface area contributed by atoms with Gasteiger partial charge in [0.25, 0.3) is 0 Å². The lowest BCUT2D eigenvalue weighted by Crippen LogP contribution is -2.13. The van der Waals surface area contributed by atoms with E-state index in [9.17, 15) is 15.3 Å². The topological polar surface area (TPSA) is 73.2 Å². The molecule has 0 fully saturated rings. The SMILES string of the molecule is Cc1cc(O)c(C)c(N(c2ccc(Oc3cc(O)cc(C)c3C)cc2)c2cc(C)cc(O)c2C)c1. The molecule has 0 aromatic heterocycles. The van der Waals surface area contributed by atoms with E-state index in [0.717, 1.165) is 50.4 Å². The van der Waals surface area contributed by atoms with Crippen LogP contribution in [-0.2, 0) is 0 Å². The van der Waals surface area contributed by atoms with Crippen LogP contribution in [0.3, 0.4) is 0 Å². The first-order valence-corrected chi connectivity index (χ1v) is 11.5. The summed E-state index contributed by atoms with van der Waals surface area (Å²) in [5.41, 5.74) is 7.74. The van der Waals surface area contributed by atoms with E-state index in [2.05, 4.69) is 0 Å². The predicted molar refractivity (Wildman–Crippen MR) is 141 cm³/mol. The van der Waals surface area contributed by atoms with Crippen molar-refractivity contribution in [3.05, 3.63) is 94.0 Å². The van der Waals surface area contributed by atoms with Crippen molar-refractivity contribution in [3.63, 3.8) is 0 Å². The molecule has 0 aliphatic carbocycles. The highest BCUT2D eigenvalue weighted by Crippen LogP contribution is 2.44. The van der Waals surface area contributed by atoms with Crippen LogP contribution in [0.25, 0.3) is 0 Å². The number of ether oxygens (including phenoxy) is 1. The lowest BCUT2D eigenvalue weighted by molar-refractivity contribution is 0.452. The zero-order valence-electron chi connectivity index (χ0n) is 21.0. The third-order valence-corrected chi connectivity index (χ3v) is 6.40. The first-order chi connectivity index (χ1) is 16.5. The molecular formula is C30H31NO4. The van der Waals surface area contributed by atoms with Gasteiger partial charge in [0.1, 0.15) is 28.7 Å². The molecule has 0 saturated heterocycles. The van der Waals surface area contributed by atoms with Crippen molar-refractivity contribution in [2.45, 2.75) is 41.5 Å². The molecule has 0 spiro atoms. The molecule has 0 amide bonds. The van der Waals surface area contributed by atoms with Crippen molar-refractivity contribution in [1.29, 1.82) is 0 Å². The quantitative estimate of drug-likeness (QED) is 0.277. The molecule has 4 aromatic rings. The number of phenolic OH excluding ortho intramolecular Hbond substituents is 3. The van der Waals surface area contributed by atoms with Crippen LogP contribution < -0.4 is 9.64 Å². The lowest BCUT2D eigenvalue weighted by atomic mass is 10.0. The van der Waals surface area contributed by atoms with Crippen LogP contribution in [0.5, 0.6) is 28.7 Å². The summed E-state index contributed by atoms with van der Waals surface area (Å²) in [5, 5.41) is 31.1. The molecule has 0 aliphatic heterocycles. The van der Waals surface area contributed by atoms with E-state index >= 15 is 0 Å². The van der Waals surface area contributed by atoms with E-state index in [1.54, 1.807) is 24.3 Å². The molecular weight excluding hydrogens is 438 g/mol. The summed E-state index contributed by atoms with van der Waals surface area (Å²) in [5.74, 6) is 1.83. The van der Waals surface area contributed by atoms with Crippen molar-refractivity contribution < 1.29 is 20.1 Å². The second kappa shape index (κ2) is 9.26. The maximum absolute atomic E-state index is 10.6. The minimum Gasteiger partial charge on any atom is -0.508 e. The molecule has 0 saturated carbocycles. The van der Waals surface area contributed by atoms with Crippen molar-refractivity contribution in [3.8, 4) is 28.7 Å². The van der Waals surface area contributed by atoms with E-state index in [1.165, 1.54) is 0 Å². The number of rotatable bonds is 5. The Morgan fingerprint density at radius 2 is 1.11 bits per heavy atom. The average molecular weight is 470 g/mol. The first kappa shape index (κ1) is 24.0. The molecule has 0 bridgehead atoms. The highest BCUT2D eigenvalue weighted by molar-refractivity contribution is 5.83. The van der Waals surface area contributed by atoms with Crippen LogP contribution in [0, 0.1) is 41.5 Å². The molecule has 0 aliphatic rings. The van der Waals surface area contributed by atoms with Crippen molar-refractivity contribution in [1.82, 2.24) is 0 Å². The van der Waals surface area contributed by atoms with Crippen LogP contribution >= 0.6 is 0 Å². The third kappa shape index (κ3) is 4.76. The maximum atomic E-state index is 10.6. The second-order valence-corrected chi connectivity index (χ2v) is 9.17. The summed E-state index contributed by atoms with van der Waals surface area (Å²) < 4.78 is 6.08. The summed E-state index contributed by atoms with van der Waals surface area (Å²) >= 11 is 0. The number of anilines is 3. The van der Waals surface area contributed by atoms with E-state index < -0.39 is 0 Å². The van der Waals surface area contributed by atoms with Gasteiger partial charge < -0.3 is 25.0 Å². The number of aromatic hydroxyl groups is 3. The van der Waals surface area contributed by atoms with Gasteiger partial charge in [-0.1, -0.05) is 0 Å². The smallest absolute Gasteiger partial charge is 0.134 e. The van der Waals surface area contributed by atoms with Crippen LogP contribution in [0.1, 0.15) is 33.4 Å². The van der Waals surface area contributed by atoms with Gasteiger partial charge >= 0.3 is 0 Å². The fourth-order valence-corrected chi connectivity index (χ4v) is 4.22. The summed E-state index contributed by atoms with van der Waals surface area (Å²) in [4.78, 5) is 2.04. The summed E-state index contributed by atoms with van der Waals surface area (Å²) in [6.45, 7) is 11.5. The molecule has 0 radical (unpaired) electrons. The Morgan fingerprint density at radius 1 is 0.600 bits per heavy atom. The van der Waals surface area contributed by atoms with Crippen LogP contribution in [0.2, 0.25) is 0 Å². The van der Waals surface area contributed by atoms with E-state index in [1.807, 2.05) is 82.8 Å². The Labute approximate surface area is 206 Å². The second-order valence-electron chi connectivity index (χ2n) is 9.17. The fourth-order valence-electron chi connectivity index (χ4n) is 4.22. The summed E-state index contributed by atoms with van der Waals surface area (Å²) in [7, 11) is 0. The minimum absolute atomic E-state index is 0.162. The molecule has 0 unspecified atom stereocenters. The van der Waals surface area contributed by atoms with E-state index in [-0.39, 0.29) is 17.2 Å². The normalized spacial score (nSPS) is 10.9. The third-order valence-electron chi connectivity index (χ3n) is 6.40. The zero-order chi connectivity index (χ0) is 25.4. The van der Waals surface area contributed by atoms with Gasteiger partial charge in [0.15, 0.2) is 0 Å². The number of hydrogen-bond acceptors (Lipinski definition) is 5. The van der Waals surface area contributed by atoms with Crippen LogP contribution in [-0.4, -0.2) is 15.3 Å². The van der Waals surface area contributed by atoms with Gasteiger partial charge in [-0.15, -0.1) is 0 Å². The van der Waals surface area contributed by atoms with Crippen molar-refractivity contribution in [2.75, 3.05) is 4.90 Å². The highest BCUT2D eigenvalue weighted by Gasteiger charge is 2.21. The van der Waals surface area contributed by atoms with Crippen LogP contribution in [0.15, 0.2) is 60.7 Å². The summed E-state index contributed by atoms with van der Waals surface area (Å²) in [6, 6.07) is 18.5. The number of hydrogen-bond donors (Lipinski definition) is 3. The van der Waals surface area contributed by atoms with Gasteiger partial charge in [0.05, 0.1) is 11.4 Å². The monoisotopic (exact) mass is 469 g/mol. The molecule has 180 valence electrons.